The molecule has 1 fully saturated rings. The highest BCUT2D eigenvalue weighted by atomic mass is 32.2. The zero-order valence-electron chi connectivity index (χ0n) is 14.8. The number of benzene rings is 2. The van der Waals surface area contributed by atoms with Crippen molar-refractivity contribution in [3.8, 4) is 0 Å². The second kappa shape index (κ2) is 8.38. The zero-order chi connectivity index (χ0) is 20.1. The van der Waals surface area contributed by atoms with Crippen molar-refractivity contribution in [2.45, 2.75) is 4.90 Å². The molecule has 1 aliphatic rings. The first-order chi connectivity index (χ1) is 13.4. The second-order valence-corrected chi connectivity index (χ2v) is 7.74. The van der Waals surface area contributed by atoms with Gasteiger partial charge in [0.2, 0.25) is 0 Å². The number of sulfonamides is 1. The maximum atomic E-state index is 12.5. The van der Waals surface area contributed by atoms with E-state index < -0.39 is 15.9 Å². The average Bonchev–Trinajstić information content (AvgIpc) is 2.73. The number of nitrogens with zero attached hydrogens (tertiary/aromatic N) is 1. The van der Waals surface area contributed by atoms with E-state index >= 15 is 0 Å². The van der Waals surface area contributed by atoms with Crippen molar-refractivity contribution in [3.05, 3.63) is 59.7 Å². The van der Waals surface area contributed by atoms with Crippen LogP contribution in [0.15, 0.2) is 53.4 Å². The van der Waals surface area contributed by atoms with Crippen LogP contribution in [0, 0.1) is 0 Å². The number of nitrogens with one attached hydrogen (secondary N) is 2. The molecule has 0 spiro atoms. The molecule has 0 atom stereocenters. The molecule has 3 rings (SSSR count). The normalized spacial score (nSPS) is 14.4. The van der Waals surface area contributed by atoms with E-state index in [1.54, 1.807) is 4.90 Å². The maximum Gasteiger partial charge on any atom is 0.274 e. The van der Waals surface area contributed by atoms with Crippen molar-refractivity contribution in [1.29, 1.82) is 0 Å². The molecule has 3 N–H and O–H groups in total. The smallest absolute Gasteiger partial charge is 0.274 e. The molecule has 0 unspecified atom stereocenters. The Hall–Kier alpha value is -2.95. The summed E-state index contributed by atoms with van der Waals surface area (Å²) in [6.07, 6.45) is 0. The van der Waals surface area contributed by atoms with Crippen LogP contribution in [0.3, 0.4) is 0 Å². The van der Waals surface area contributed by atoms with Gasteiger partial charge in [0, 0.05) is 29.9 Å². The quantitative estimate of drug-likeness (QED) is 0.505. The maximum absolute atomic E-state index is 12.5. The van der Waals surface area contributed by atoms with Gasteiger partial charge in [-0.05, 0) is 48.5 Å². The number of morpholine rings is 1. The van der Waals surface area contributed by atoms with Gasteiger partial charge in [-0.2, -0.15) is 0 Å². The topological polar surface area (TPSA) is 125 Å². The third-order valence-corrected chi connectivity index (χ3v) is 5.61. The van der Waals surface area contributed by atoms with Crippen LogP contribution in [0.25, 0.3) is 0 Å². The van der Waals surface area contributed by atoms with Gasteiger partial charge < -0.3 is 9.64 Å². The van der Waals surface area contributed by atoms with Crippen LogP contribution in [-0.4, -0.2) is 56.6 Å². The molecule has 2 aromatic carbocycles. The van der Waals surface area contributed by atoms with Crippen molar-refractivity contribution in [3.63, 3.8) is 0 Å². The predicted octanol–water partition coefficient (Wildman–Crippen LogP) is 1.08. The van der Waals surface area contributed by atoms with Crippen LogP contribution in [-0.2, 0) is 14.8 Å². The summed E-state index contributed by atoms with van der Waals surface area (Å²) >= 11 is 0. The Kier molecular flexibility index (Phi) is 5.93. The molecule has 10 heteroatoms. The van der Waals surface area contributed by atoms with E-state index in [4.69, 9.17) is 9.94 Å². The summed E-state index contributed by atoms with van der Waals surface area (Å²) in [5, 5.41) is 8.59. The minimum Gasteiger partial charge on any atom is -0.378 e. The summed E-state index contributed by atoms with van der Waals surface area (Å²) in [6.45, 7) is 1.98. The van der Waals surface area contributed by atoms with E-state index in [9.17, 15) is 18.0 Å². The summed E-state index contributed by atoms with van der Waals surface area (Å²) in [4.78, 5) is 25.4. The number of anilines is 1. The van der Waals surface area contributed by atoms with Crippen LogP contribution in [0.5, 0.6) is 0 Å². The average molecular weight is 405 g/mol. The monoisotopic (exact) mass is 405 g/mol. The van der Waals surface area contributed by atoms with Gasteiger partial charge in [0.15, 0.2) is 0 Å². The molecule has 1 heterocycles. The highest BCUT2D eigenvalue weighted by Crippen LogP contribution is 2.18. The lowest BCUT2D eigenvalue weighted by Gasteiger charge is -2.26. The summed E-state index contributed by atoms with van der Waals surface area (Å²) in [6, 6.07) is 11.2. The standard InChI is InChI=1S/C18H19N3O6S/c22-17(19-24)13-1-5-15(6-2-13)20-28(25,26)16-7-3-14(4-8-16)18(23)21-9-11-27-12-10-21/h1-8,20,24H,9-12H2,(H,19,22). The molecule has 2 aromatic rings. The molecule has 28 heavy (non-hydrogen) atoms. The largest absolute Gasteiger partial charge is 0.378 e. The van der Waals surface area contributed by atoms with E-state index in [2.05, 4.69) is 4.72 Å². The minimum atomic E-state index is -3.86. The fraction of sp³-hybridized carbons (Fsp3) is 0.222. The fourth-order valence-corrected chi connectivity index (χ4v) is 3.75. The van der Waals surface area contributed by atoms with Gasteiger partial charge in [0.05, 0.1) is 18.1 Å². The van der Waals surface area contributed by atoms with Gasteiger partial charge in [-0.1, -0.05) is 0 Å². The molecular weight excluding hydrogens is 386 g/mol. The van der Waals surface area contributed by atoms with Gasteiger partial charge in [-0.25, -0.2) is 13.9 Å². The molecule has 0 bridgehead atoms. The molecule has 1 aliphatic heterocycles. The van der Waals surface area contributed by atoms with Crippen LogP contribution in [0.1, 0.15) is 20.7 Å². The second-order valence-electron chi connectivity index (χ2n) is 6.05. The number of carbonyl (C=O) groups excluding carboxylic acids is 2. The molecule has 0 aliphatic carbocycles. The van der Waals surface area contributed by atoms with Crippen molar-refractivity contribution in [2.24, 2.45) is 0 Å². The van der Waals surface area contributed by atoms with Gasteiger partial charge in [-0.15, -0.1) is 0 Å². The fourth-order valence-electron chi connectivity index (χ4n) is 2.69. The molecular formula is C18H19N3O6S. The van der Waals surface area contributed by atoms with E-state index in [-0.39, 0.29) is 22.1 Å². The number of hydroxylamine groups is 1. The van der Waals surface area contributed by atoms with Crippen LogP contribution >= 0.6 is 0 Å². The summed E-state index contributed by atoms with van der Waals surface area (Å²) < 4.78 is 32.6. The molecule has 9 nitrogen and oxygen atoms in total. The number of rotatable bonds is 5. The lowest BCUT2D eigenvalue weighted by Crippen LogP contribution is -2.40. The van der Waals surface area contributed by atoms with Gasteiger partial charge in [0.1, 0.15) is 0 Å². The van der Waals surface area contributed by atoms with Crippen molar-refractivity contribution in [1.82, 2.24) is 10.4 Å². The van der Waals surface area contributed by atoms with Gasteiger partial charge in [-0.3, -0.25) is 19.5 Å². The van der Waals surface area contributed by atoms with Crippen LogP contribution < -0.4 is 10.2 Å². The summed E-state index contributed by atoms with van der Waals surface area (Å²) in [5.74, 6) is -0.868. The Morgan fingerprint density at radius 2 is 1.50 bits per heavy atom. The molecule has 0 aromatic heterocycles. The van der Waals surface area contributed by atoms with Crippen LogP contribution in [0.2, 0.25) is 0 Å². The number of hydrogen-bond acceptors (Lipinski definition) is 6. The highest BCUT2D eigenvalue weighted by molar-refractivity contribution is 7.92. The molecule has 1 saturated heterocycles. The van der Waals surface area contributed by atoms with E-state index in [1.165, 1.54) is 54.0 Å². The first-order valence-corrected chi connectivity index (χ1v) is 9.93. The van der Waals surface area contributed by atoms with E-state index in [0.29, 0.717) is 31.9 Å². The van der Waals surface area contributed by atoms with E-state index in [1.807, 2.05) is 0 Å². The van der Waals surface area contributed by atoms with Crippen molar-refractivity contribution in [2.75, 3.05) is 31.0 Å². The van der Waals surface area contributed by atoms with Gasteiger partial charge in [0.25, 0.3) is 21.8 Å². The Bertz CT molecular complexity index is 952. The number of hydrogen-bond donors (Lipinski definition) is 3. The summed E-state index contributed by atoms with van der Waals surface area (Å²) in [5.41, 5.74) is 2.33. The first kappa shape index (κ1) is 19.8. The number of amides is 2. The minimum absolute atomic E-state index is 0.00297. The van der Waals surface area contributed by atoms with Crippen molar-refractivity contribution >= 4 is 27.5 Å². The summed E-state index contributed by atoms with van der Waals surface area (Å²) in [7, 11) is -3.86. The zero-order valence-corrected chi connectivity index (χ0v) is 15.6. The molecule has 2 amide bonds. The first-order valence-electron chi connectivity index (χ1n) is 8.45. The Morgan fingerprint density at radius 1 is 0.929 bits per heavy atom. The SMILES string of the molecule is O=C(NO)c1ccc(NS(=O)(=O)c2ccc(C(=O)N3CCOCC3)cc2)cc1. The number of carbonyl (C=O) groups is 2. The van der Waals surface area contributed by atoms with Gasteiger partial charge >= 0.3 is 0 Å². The Morgan fingerprint density at radius 3 is 2.07 bits per heavy atom. The van der Waals surface area contributed by atoms with Crippen molar-refractivity contribution < 1.29 is 28.0 Å². The molecule has 0 saturated carbocycles. The molecule has 148 valence electrons. The number of ether oxygens (including phenoxy) is 1. The third kappa shape index (κ3) is 4.47. The Balaban J connectivity index is 1.71. The third-order valence-electron chi connectivity index (χ3n) is 4.21. The van der Waals surface area contributed by atoms with Crippen LogP contribution in [0.4, 0.5) is 5.69 Å². The Labute approximate surface area is 161 Å². The lowest BCUT2D eigenvalue weighted by molar-refractivity contribution is 0.0303. The highest BCUT2D eigenvalue weighted by Gasteiger charge is 2.20. The van der Waals surface area contributed by atoms with E-state index in [0.717, 1.165) is 0 Å². The molecule has 0 radical (unpaired) electrons. The predicted molar refractivity (Wildman–Crippen MR) is 99.7 cm³/mol. The lowest BCUT2D eigenvalue weighted by atomic mass is 10.2.